The van der Waals surface area contributed by atoms with Crippen LogP contribution in [-0.2, 0) is 11.2 Å². The largest absolute Gasteiger partial charge is 0.440 e. The summed E-state index contributed by atoms with van der Waals surface area (Å²) < 4.78 is 5.74. The number of likely N-dealkylation sites (N-methyl/N-ethyl adjacent to an activating group) is 1. The molecule has 1 aliphatic rings. The van der Waals surface area contributed by atoms with Crippen LogP contribution in [0.2, 0.25) is 0 Å². The van der Waals surface area contributed by atoms with Crippen LogP contribution in [0.5, 0.6) is 0 Å². The van der Waals surface area contributed by atoms with E-state index < -0.39 is 0 Å². The zero-order valence-electron chi connectivity index (χ0n) is 17.8. The number of amides is 1. The molecule has 1 aliphatic heterocycles. The van der Waals surface area contributed by atoms with Crippen LogP contribution in [-0.4, -0.2) is 48.5 Å². The Bertz CT molecular complexity index is 1000. The lowest BCUT2D eigenvalue weighted by Crippen LogP contribution is -2.46. The molecule has 0 atom stereocenters. The molecule has 2 aromatic heterocycles. The molecule has 0 radical (unpaired) electrons. The van der Waals surface area contributed by atoms with Crippen molar-refractivity contribution in [3.8, 4) is 10.8 Å². The van der Waals surface area contributed by atoms with Crippen LogP contribution in [0.15, 0.2) is 40.1 Å². The second kappa shape index (κ2) is 9.02. The summed E-state index contributed by atoms with van der Waals surface area (Å²) in [6.07, 6.45) is 0.195. The summed E-state index contributed by atoms with van der Waals surface area (Å²) in [4.78, 5) is 23.0. The number of aryl methyl sites for hydroxylation is 2. The molecule has 0 bridgehead atoms. The van der Waals surface area contributed by atoms with Gasteiger partial charge in [-0.2, -0.15) is 0 Å². The second-order valence-electron chi connectivity index (χ2n) is 7.64. The van der Waals surface area contributed by atoms with Crippen LogP contribution < -0.4 is 10.2 Å². The van der Waals surface area contributed by atoms with E-state index in [9.17, 15) is 4.79 Å². The van der Waals surface area contributed by atoms with E-state index in [-0.39, 0.29) is 12.3 Å². The minimum atomic E-state index is -0.0865. The molecule has 0 spiro atoms. The van der Waals surface area contributed by atoms with E-state index in [1.54, 1.807) is 11.3 Å². The third kappa shape index (κ3) is 4.57. The number of hydrogen-bond acceptors (Lipinski definition) is 6. The highest BCUT2D eigenvalue weighted by Crippen LogP contribution is 2.27. The first-order valence-electron chi connectivity index (χ1n) is 10.4. The molecular weight excluding hydrogens is 396 g/mol. The summed E-state index contributed by atoms with van der Waals surface area (Å²) in [6.45, 7) is 11.5. The van der Waals surface area contributed by atoms with Gasteiger partial charge < -0.3 is 19.5 Å². The molecule has 1 N–H and O–H groups in total. The molecule has 1 amide bonds. The number of anilines is 2. The van der Waals surface area contributed by atoms with Crippen molar-refractivity contribution in [2.75, 3.05) is 42.9 Å². The van der Waals surface area contributed by atoms with E-state index in [1.165, 1.54) is 5.69 Å². The number of thiophene rings is 1. The van der Waals surface area contributed by atoms with Crippen molar-refractivity contribution < 1.29 is 9.21 Å². The second-order valence-corrected chi connectivity index (χ2v) is 8.59. The number of nitrogens with zero attached hydrogens (tertiary/aromatic N) is 3. The van der Waals surface area contributed by atoms with Crippen molar-refractivity contribution in [3.05, 3.63) is 52.7 Å². The number of aromatic nitrogens is 1. The number of benzene rings is 1. The van der Waals surface area contributed by atoms with E-state index in [0.29, 0.717) is 17.3 Å². The summed E-state index contributed by atoms with van der Waals surface area (Å²) >= 11 is 1.57. The highest BCUT2D eigenvalue weighted by atomic mass is 32.1. The predicted octanol–water partition coefficient (Wildman–Crippen LogP) is 4.34. The number of piperazine rings is 1. The summed E-state index contributed by atoms with van der Waals surface area (Å²) in [7, 11) is 0. The number of carbonyl (C=O) groups is 1. The summed E-state index contributed by atoms with van der Waals surface area (Å²) in [5.74, 6) is 1.18. The van der Waals surface area contributed by atoms with Crippen LogP contribution in [0.4, 0.5) is 11.4 Å². The summed E-state index contributed by atoms with van der Waals surface area (Å²) in [5, 5.41) is 5.02. The molecule has 6 nitrogen and oxygen atoms in total. The average Bonchev–Trinajstić information content (AvgIpc) is 3.40. The lowest BCUT2D eigenvalue weighted by Gasteiger charge is -2.35. The van der Waals surface area contributed by atoms with E-state index >= 15 is 0 Å². The fourth-order valence-electron chi connectivity index (χ4n) is 3.75. The minimum Gasteiger partial charge on any atom is -0.440 e. The van der Waals surface area contributed by atoms with E-state index in [1.807, 2.05) is 37.4 Å². The number of oxazole rings is 1. The van der Waals surface area contributed by atoms with Crippen molar-refractivity contribution in [2.45, 2.75) is 27.2 Å². The zero-order valence-corrected chi connectivity index (χ0v) is 18.6. The van der Waals surface area contributed by atoms with Gasteiger partial charge in [0.2, 0.25) is 11.8 Å². The molecular formula is C23H28N4O2S. The normalized spacial score (nSPS) is 14.8. The third-order valence-corrected chi connectivity index (χ3v) is 6.48. The fourth-order valence-corrected chi connectivity index (χ4v) is 4.40. The van der Waals surface area contributed by atoms with Gasteiger partial charge in [-0.25, -0.2) is 4.98 Å². The van der Waals surface area contributed by atoms with Crippen molar-refractivity contribution in [1.82, 2.24) is 9.88 Å². The summed E-state index contributed by atoms with van der Waals surface area (Å²) in [5.41, 5.74) is 3.80. The minimum absolute atomic E-state index is 0.0865. The Hall–Kier alpha value is -2.64. The predicted molar refractivity (Wildman–Crippen MR) is 122 cm³/mol. The first kappa shape index (κ1) is 20.6. The SMILES string of the molecule is CCN1CCN(c2ccc(NC(=O)Cc3nc(-c4cccs4)oc3C)c(C)c2)CC1. The lowest BCUT2D eigenvalue weighted by atomic mass is 10.1. The Morgan fingerprint density at radius 3 is 2.67 bits per heavy atom. The van der Waals surface area contributed by atoms with Gasteiger partial charge in [0.15, 0.2) is 0 Å². The average molecular weight is 425 g/mol. The smallest absolute Gasteiger partial charge is 0.236 e. The molecule has 0 aliphatic carbocycles. The maximum absolute atomic E-state index is 12.6. The van der Waals surface area contributed by atoms with Crippen molar-refractivity contribution in [1.29, 1.82) is 0 Å². The maximum atomic E-state index is 12.6. The van der Waals surface area contributed by atoms with Gasteiger partial charge in [0, 0.05) is 37.6 Å². The molecule has 0 saturated carbocycles. The third-order valence-electron chi connectivity index (χ3n) is 5.62. The Morgan fingerprint density at radius 1 is 1.20 bits per heavy atom. The molecule has 1 fully saturated rings. The molecule has 7 heteroatoms. The molecule has 0 unspecified atom stereocenters. The Labute approximate surface area is 181 Å². The van der Waals surface area contributed by atoms with Crippen molar-refractivity contribution in [3.63, 3.8) is 0 Å². The van der Waals surface area contributed by atoms with Crippen molar-refractivity contribution >= 4 is 28.6 Å². The van der Waals surface area contributed by atoms with Crippen LogP contribution in [0.3, 0.4) is 0 Å². The van der Waals surface area contributed by atoms with Gasteiger partial charge in [-0.1, -0.05) is 13.0 Å². The standard InChI is InChI=1S/C23H28N4O2S/c1-4-26-9-11-27(12-10-26)18-7-8-19(16(2)14-18)24-22(28)15-20-17(3)29-23(25-20)21-6-5-13-30-21/h5-8,13-14H,4,9-12,15H2,1-3H3,(H,24,28). The first-order chi connectivity index (χ1) is 14.5. The molecule has 1 aromatic carbocycles. The Kier molecular flexibility index (Phi) is 6.20. The monoisotopic (exact) mass is 424 g/mol. The molecule has 30 heavy (non-hydrogen) atoms. The quantitative estimate of drug-likeness (QED) is 0.638. The molecule has 158 valence electrons. The van der Waals surface area contributed by atoms with Gasteiger partial charge in [0.05, 0.1) is 17.0 Å². The number of rotatable bonds is 6. The number of hydrogen-bond donors (Lipinski definition) is 1. The molecule has 1 saturated heterocycles. The zero-order chi connectivity index (χ0) is 21.1. The van der Waals surface area contributed by atoms with E-state index in [2.05, 4.69) is 39.2 Å². The first-order valence-corrected chi connectivity index (χ1v) is 11.3. The van der Waals surface area contributed by atoms with Crippen LogP contribution in [0.1, 0.15) is 23.9 Å². The maximum Gasteiger partial charge on any atom is 0.236 e. The van der Waals surface area contributed by atoms with Crippen LogP contribution in [0.25, 0.3) is 10.8 Å². The van der Waals surface area contributed by atoms with Gasteiger partial charge in [0.25, 0.3) is 0 Å². The van der Waals surface area contributed by atoms with Gasteiger partial charge in [-0.3, -0.25) is 4.79 Å². The van der Waals surface area contributed by atoms with E-state index in [4.69, 9.17) is 4.42 Å². The Morgan fingerprint density at radius 2 is 2.00 bits per heavy atom. The highest BCUT2D eigenvalue weighted by Gasteiger charge is 2.18. The van der Waals surface area contributed by atoms with Crippen molar-refractivity contribution in [2.24, 2.45) is 0 Å². The van der Waals surface area contributed by atoms with Gasteiger partial charge in [-0.15, -0.1) is 11.3 Å². The van der Waals surface area contributed by atoms with Gasteiger partial charge >= 0.3 is 0 Å². The summed E-state index contributed by atoms with van der Waals surface area (Å²) in [6, 6.07) is 10.2. The van der Waals surface area contributed by atoms with Crippen LogP contribution >= 0.6 is 11.3 Å². The Balaban J connectivity index is 1.39. The molecule has 3 heterocycles. The van der Waals surface area contributed by atoms with Gasteiger partial charge in [0.1, 0.15) is 5.76 Å². The molecule has 3 aromatic rings. The van der Waals surface area contributed by atoms with Gasteiger partial charge in [-0.05, 0) is 55.6 Å². The van der Waals surface area contributed by atoms with E-state index in [0.717, 1.165) is 48.9 Å². The lowest BCUT2D eigenvalue weighted by molar-refractivity contribution is -0.115. The topological polar surface area (TPSA) is 61.6 Å². The number of nitrogens with one attached hydrogen (secondary N) is 1. The highest BCUT2D eigenvalue weighted by molar-refractivity contribution is 7.13. The molecule has 4 rings (SSSR count). The number of carbonyl (C=O) groups excluding carboxylic acids is 1. The van der Waals surface area contributed by atoms with Crippen LogP contribution in [0, 0.1) is 13.8 Å². The fraction of sp³-hybridized carbons (Fsp3) is 0.391.